The van der Waals surface area contributed by atoms with E-state index in [1.165, 1.54) is 11.3 Å². The van der Waals surface area contributed by atoms with Crippen LogP contribution in [-0.2, 0) is 12.5 Å². The van der Waals surface area contributed by atoms with Gasteiger partial charge in [0.05, 0.1) is 10.6 Å². The molecule has 8 nitrogen and oxygen atoms in total. The lowest BCUT2D eigenvalue weighted by molar-refractivity contribution is 0.0599. The third-order valence-electron chi connectivity index (χ3n) is 6.07. The van der Waals surface area contributed by atoms with Crippen LogP contribution in [0, 0.1) is 6.92 Å². The highest BCUT2D eigenvalue weighted by molar-refractivity contribution is 7.12. The first-order valence-electron chi connectivity index (χ1n) is 11.8. The van der Waals surface area contributed by atoms with Gasteiger partial charge in [0.2, 0.25) is 0 Å². The number of rotatable bonds is 5. The summed E-state index contributed by atoms with van der Waals surface area (Å²) in [6.07, 6.45) is 1.56. The number of carbonyl (C=O) groups excluding carboxylic acids is 2. The number of benzene rings is 1. The first-order valence-corrected chi connectivity index (χ1v) is 12.7. The smallest absolute Gasteiger partial charge is 0.324 e. The Morgan fingerprint density at radius 2 is 1.86 bits per heavy atom. The minimum Gasteiger partial charge on any atom is -0.490 e. The Morgan fingerprint density at radius 1 is 1.11 bits per heavy atom. The van der Waals surface area contributed by atoms with Crippen LogP contribution >= 0.6 is 11.3 Å². The Morgan fingerprint density at radius 3 is 2.49 bits per heavy atom. The number of aryl methyl sites for hydroxylation is 2. The summed E-state index contributed by atoms with van der Waals surface area (Å²) in [5, 5.41) is 12.2. The number of piperidine rings is 1. The molecule has 0 spiro atoms. The van der Waals surface area contributed by atoms with Crippen molar-refractivity contribution in [3.63, 3.8) is 0 Å². The second-order valence-corrected chi connectivity index (χ2v) is 10.9. The third-order valence-corrected chi connectivity index (χ3v) is 7.07. The van der Waals surface area contributed by atoms with Crippen LogP contribution in [0.2, 0.25) is 0 Å². The van der Waals surface area contributed by atoms with Gasteiger partial charge in [-0.25, -0.2) is 4.79 Å². The average molecular weight is 496 g/mol. The third kappa shape index (κ3) is 6.03. The van der Waals surface area contributed by atoms with Gasteiger partial charge >= 0.3 is 6.03 Å². The predicted molar refractivity (Wildman–Crippen MR) is 140 cm³/mol. The number of ether oxygens (including phenoxy) is 1. The molecule has 3 aromatic rings. The normalized spacial score (nSPS) is 14.6. The minimum absolute atomic E-state index is 0.0258. The molecule has 1 saturated heterocycles. The maximum absolute atomic E-state index is 12.7. The van der Waals surface area contributed by atoms with Crippen LogP contribution in [0.3, 0.4) is 0 Å². The van der Waals surface area contributed by atoms with Gasteiger partial charge in [-0.2, -0.15) is 5.10 Å². The van der Waals surface area contributed by atoms with Gasteiger partial charge in [0.15, 0.2) is 0 Å². The minimum atomic E-state index is -0.346. The van der Waals surface area contributed by atoms with Crippen LogP contribution in [0.5, 0.6) is 5.75 Å². The summed E-state index contributed by atoms with van der Waals surface area (Å²) in [5.41, 5.74) is 2.47. The standard InChI is InChI=1S/C26H33N5O3S/c1-17-11-14-35-23(17)24(32)31-12-9-19(10-13-31)34-20-8-6-7-18(15-20)27-25(33)28-22-16-21(26(2,3)4)29-30(22)5/h6-8,11,14-16,19H,9-10,12-13H2,1-5H3,(H2,27,28,33). The van der Waals surface area contributed by atoms with E-state index in [-0.39, 0.29) is 23.5 Å². The molecule has 1 aliphatic heterocycles. The molecule has 0 saturated carbocycles. The Labute approximate surface area is 210 Å². The second kappa shape index (κ2) is 10.1. The van der Waals surface area contributed by atoms with Gasteiger partial charge in [-0.3, -0.25) is 14.8 Å². The maximum atomic E-state index is 12.7. The van der Waals surface area contributed by atoms with Crippen molar-refractivity contribution in [1.29, 1.82) is 0 Å². The Balaban J connectivity index is 1.30. The number of nitrogens with one attached hydrogen (secondary N) is 2. The summed E-state index contributed by atoms with van der Waals surface area (Å²) < 4.78 is 7.84. The number of anilines is 2. The molecular formula is C26H33N5O3S. The van der Waals surface area contributed by atoms with Crippen LogP contribution < -0.4 is 15.4 Å². The van der Waals surface area contributed by atoms with Gasteiger partial charge in [0.25, 0.3) is 5.91 Å². The molecule has 9 heteroatoms. The lowest BCUT2D eigenvalue weighted by Crippen LogP contribution is -2.41. The lowest BCUT2D eigenvalue weighted by atomic mass is 9.92. The number of nitrogens with zero attached hydrogens (tertiary/aromatic N) is 3. The van der Waals surface area contributed by atoms with E-state index < -0.39 is 0 Å². The summed E-state index contributed by atoms with van der Waals surface area (Å²) in [5.74, 6) is 1.42. The van der Waals surface area contributed by atoms with Crippen molar-refractivity contribution in [1.82, 2.24) is 14.7 Å². The zero-order valence-electron chi connectivity index (χ0n) is 20.9. The molecule has 1 aromatic carbocycles. The van der Waals surface area contributed by atoms with Crippen molar-refractivity contribution < 1.29 is 14.3 Å². The summed E-state index contributed by atoms with van der Waals surface area (Å²) in [6, 6.07) is 10.9. The molecule has 4 rings (SSSR count). The number of hydrogen-bond donors (Lipinski definition) is 2. The first kappa shape index (κ1) is 24.8. The predicted octanol–water partition coefficient (Wildman–Crippen LogP) is 5.42. The van der Waals surface area contributed by atoms with E-state index in [1.807, 2.05) is 53.6 Å². The lowest BCUT2D eigenvalue weighted by Gasteiger charge is -2.32. The van der Waals surface area contributed by atoms with Gasteiger partial charge in [-0.05, 0) is 36.1 Å². The van der Waals surface area contributed by atoms with Gasteiger partial charge in [0.1, 0.15) is 17.7 Å². The highest BCUT2D eigenvalue weighted by Gasteiger charge is 2.26. The molecule has 2 N–H and O–H groups in total. The second-order valence-electron chi connectivity index (χ2n) is 9.94. The summed E-state index contributed by atoms with van der Waals surface area (Å²) >= 11 is 1.50. The molecule has 0 radical (unpaired) electrons. The zero-order valence-corrected chi connectivity index (χ0v) is 21.7. The van der Waals surface area contributed by atoms with Crippen molar-refractivity contribution in [2.75, 3.05) is 23.7 Å². The molecule has 1 aliphatic rings. The van der Waals surface area contributed by atoms with E-state index in [1.54, 1.807) is 11.7 Å². The SMILES string of the molecule is Cc1ccsc1C(=O)N1CCC(Oc2cccc(NC(=O)Nc3cc(C(C)(C)C)nn3C)c2)CC1. The first-order chi connectivity index (χ1) is 16.6. The van der Waals surface area contributed by atoms with Crippen molar-refractivity contribution in [2.24, 2.45) is 7.05 Å². The molecule has 0 bridgehead atoms. The fourth-order valence-electron chi connectivity index (χ4n) is 3.98. The number of carbonyl (C=O) groups is 2. The molecular weight excluding hydrogens is 462 g/mol. The summed E-state index contributed by atoms with van der Waals surface area (Å²) in [7, 11) is 1.81. The Hall–Kier alpha value is -3.33. The fourth-order valence-corrected chi connectivity index (χ4v) is 4.87. The van der Waals surface area contributed by atoms with E-state index in [0.717, 1.165) is 29.0 Å². The average Bonchev–Trinajstić information content (AvgIpc) is 3.39. The van der Waals surface area contributed by atoms with Crippen molar-refractivity contribution >= 4 is 34.8 Å². The number of likely N-dealkylation sites (tertiary alicyclic amines) is 1. The topological polar surface area (TPSA) is 88.5 Å². The zero-order chi connectivity index (χ0) is 25.2. The van der Waals surface area contributed by atoms with Crippen LogP contribution in [0.4, 0.5) is 16.3 Å². The van der Waals surface area contributed by atoms with E-state index in [0.29, 0.717) is 30.3 Å². The molecule has 3 amide bonds. The Bertz CT molecular complexity index is 1200. The monoisotopic (exact) mass is 495 g/mol. The number of urea groups is 1. The van der Waals surface area contributed by atoms with Crippen LogP contribution in [-0.4, -0.2) is 45.8 Å². The molecule has 0 unspecified atom stereocenters. The van der Waals surface area contributed by atoms with Crippen LogP contribution in [0.25, 0.3) is 0 Å². The largest absolute Gasteiger partial charge is 0.490 e. The van der Waals surface area contributed by atoms with Gasteiger partial charge in [-0.15, -0.1) is 11.3 Å². The van der Waals surface area contributed by atoms with E-state index in [4.69, 9.17) is 4.74 Å². The highest BCUT2D eigenvalue weighted by Crippen LogP contribution is 2.26. The van der Waals surface area contributed by atoms with Crippen molar-refractivity contribution in [3.8, 4) is 5.75 Å². The maximum Gasteiger partial charge on any atom is 0.324 e. The van der Waals surface area contributed by atoms with Crippen molar-refractivity contribution in [3.05, 3.63) is 57.9 Å². The molecule has 3 heterocycles. The van der Waals surface area contributed by atoms with E-state index in [9.17, 15) is 9.59 Å². The number of hydrogen-bond acceptors (Lipinski definition) is 5. The molecule has 1 fully saturated rings. The summed E-state index contributed by atoms with van der Waals surface area (Å²) in [4.78, 5) is 28.0. The van der Waals surface area contributed by atoms with Crippen LogP contribution in [0.15, 0.2) is 41.8 Å². The van der Waals surface area contributed by atoms with Gasteiger partial charge in [0, 0.05) is 56.2 Å². The fraction of sp³-hybridized carbons (Fsp3) is 0.423. The van der Waals surface area contributed by atoms with Gasteiger partial charge in [-0.1, -0.05) is 26.8 Å². The molecule has 186 valence electrons. The van der Waals surface area contributed by atoms with Crippen LogP contribution in [0.1, 0.15) is 54.5 Å². The van der Waals surface area contributed by atoms with Gasteiger partial charge < -0.3 is 15.0 Å². The highest BCUT2D eigenvalue weighted by atomic mass is 32.1. The molecule has 0 atom stereocenters. The summed E-state index contributed by atoms with van der Waals surface area (Å²) in [6.45, 7) is 9.55. The quantitative estimate of drug-likeness (QED) is 0.495. The van der Waals surface area contributed by atoms with E-state index >= 15 is 0 Å². The number of aromatic nitrogens is 2. The number of amides is 3. The van der Waals surface area contributed by atoms with E-state index in [2.05, 4.69) is 36.5 Å². The Kier molecular flexibility index (Phi) is 7.16. The molecule has 0 aliphatic carbocycles. The molecule has 2 aromatic heterocycles. The molecule has 35 heavy (non-hydrogen) atoms. The number of thiophene rings is 1. The van der Waals surface area contributed by atoms with Crippen molar-refractivity contribution in [2.45, 2.75) is 52.1 Å².